The van der Waals surface area contributed by atoms with Crippen LogP contribution in [0.15, 0.2) is 17.5 Å². The minimum Gasteiger partial charge on any atom is -0.492 e. The third kappa shape index (κ3) is 2.74. The molecule has 7 heteroatoms. The molecule has 0 aromatic carbocycles. The third-order valence-electron chi connectivity index (χ3n) is 4.67. The Kier molecular flexibility index (Phi) is 4.32. The Morgan fingerprint density at radius 1 is 1.46 bits per heavy atom. The van der Waals surface area contributed by atoms with Crippen LogP contribution < -0.4 is 0 Å². The van der Waals surface area contributed by atoms with Crippen molar-refractivity contribution < 1.29 is 5.11 Å². The summed E-state index contributed by atoms with van der Waals surface area (Å²) in [6.45, 7) is 6.48. The highest BCUT2D eigenvalue weighted by atomic mass is 32.1. The first-order valence-electron chi connectivity index (χ1n) is 8.52. The van der Waals surface area contributed by atoms with Gasteiger partial charge < -0.3 is 5.11 Å². The minimum absolute atomic E-state index is 0.103. The molecular formula is C17H22N4OS2. The van der Waals surface area contributed by atoms with Crippen molar-refractivity contribution in [2.75, 3.05) is 13.1 Å². The summed E-state index contributed by atoms with van der Waals surface area (Å²) in [5, 5.41) is 17.3. The van der Waals surface area contributed by atoms with Gasteiger partial charge in [0.05, 0.1) is 10.9 Å². The molecule has 128 valence electrons. The molecule has 0 aliphatic carbocycles. The quantitative estimate of drug-likeness (QED) is 0.764. The van der Waals surface area contributed by atoms with E-state index in [1.165, 1.54) is 17.7 Å². The fraction of sp³-hybridized carbons (Fsp3) is 0.529. The molecule has 0 spiro atoms. The maximum absolute atomic E-state index is 10.8. The first-order chi connectivity index (χ1) is 11.7. The number of aryl methyl sites for hydroxylation is 1. The number of piperidine rings is 1. The molecule has 1 fully saturated rings. The summed E-state index contributed by atoms with van der Waals surface area (Å²) >= 11 is 3.32. The highest BCUT2D eigenvalue weighted by Gasteiger charge is 2.32. The average Bonchev–Trinajstić information content (AvgIpc) is 3.28. The lowest BCUT2D eigenvalue weighted by Gasteiger charge is -2.36. The maximum atomic E-state index is 10.8. The number of nitrogens with zero attached hydrogens (tertiary/aromatic N) is 4. The van der Waals surface area contributed by atoms with Crippen LogP contribution in [0.4, 0.5) is 0 Å². The van der Waals surface area contributed by atoms with Crippen molar-refractivity contribution in [2.45, 2.75) is 39.2 Å². The van der Waals surface area contributed by atoms with Gasteiger partial charge in [-0.1, -0.05) is 31.3 Å². The molecule has 1 aliphatic heterocycles. The minimum atomic E-state index is 0.103. The number of rotatable bonds is 4. The van der Waals surface area contributed by atoms with Gasteiger partial charge in [-0.2, -0.15) is 4.52 Å². The summed E-state index contributed by atoms with van der Waals surface area (Å²) in [6, 6.07) is 4.36. The van der Waals surface area contributed by atoms with Crippen LogP contribution in [0.1, 0.15) is 48.3 Å². The second-order valence-corrected chi connectivity index (χ2v) is 8.51. The van der Waals surface area contributed by atoms with Gasteiger partial charge >= 0.3 is 0 Å². The number of likely N-dealkylation sites (tertiary alicyclic amines) is 1. The first-order valence-corrected chi connectivity index (χ1v) is 10.2. The average molecular weight is 363 g/mol. The van der Waals surface area contributed by atoms with E-state index in [9.17, 15) is 5.11 Å². The van der Waals surface area contributed by atoms with Gasteiger partial charge in [0.2, 0.25) is 10.8 Å². The van der Waals surface area contributed by atoms with Gasteiger partial charge in [-0.05, 0) is 36.8 Å². The molecule has 2 atom stereocenters. The van der Waals surface area contributed by atoms with Crippen LogP contribution in [0, 0.1) is 5.92 Å². The standard InChI is InChI=1S/C17H22N4OS2/c1-3-13-18-17-21(19-13)16(22)15(24-17)14(12-7-5-9-23-12)20-8-4-6-11(2)10-20/h5,7,9,11,14,22H,3-4,6,8,10H2,1-2H3/t11-,14-/m0/s1. The molecule has 4 rings (SSSR count). The largest absolute Gasteiger partial charge is 0.492 e. The van der Waals surface area contributed by atoms with Gasteiger partial charge in [0.1, 0.15) is 0 Å². The van der Waals surface area contributed by atoms with Crippen LogP contribution in [-0.2, 0) is 6.42 Å². The lowest BCUT2D eigenvalue weighted by Crippen LogP contribution is -2.37. The van der Waals surface area contributed by atoms with E-state index in [1.807, 2.05) is 6.92 Å². The zero-order valence-corrected chi connectivity index (χ0v) is 15.6. The lowest BCUT2D eigenvalue weighted by atomic mass is 9.98. The number of aromatic nitrogens is 3. The Labute approximate surface area is 149 Å². The zero-order valence-electron chi connectivity index (χ0n) is 14.0. The predicted octanol–water partition coefficient (Wildman–Crippen LogP) is 3.94. The molecule has 0 unspecified atom stereocenters. The predicted molar refractivity (Wildman–Crippen MR) is 98.0 cm³/mol. The van der Waals surface area contributed by atoms with Crippen molar-refractivity contribution in [1.29, 1.82) is 0 Å². The van der Waals surface area contributed by atoms with E-state index in [0.717, 1.165) is 35.2 Å². The second kappa shape index (κ2) is 6.46. The normalized spacial score (nSPS) is 20.7. The third-order valence-corrected chi connectivity index (χ3v) is 6.67. The lowest BCUT2D eigenvalue weighted by molar-refractivity contribution is 0.150. The smallest absolute Gasteiger partial charge is 0.230 e. The molecule has 4 heterocycles. The summed E-state index contributed by atoms with van der Waals surface area (Å²) in [5.41, 5.74) is 0. The van der Waals surface area contributed by atoms with Crippen molar-refractivity contribution in [3.63, 3.8) is 0 Å². The topological polar surface area (TPSA) is 53.7 Å². The molecule has 1 saturated heterocycles. The first kappa shape index (κ1) is 16.1. The SMILES string of the molecule is CCc1nc2sc([C@H](c3cccs3)N3CCC[C@H](C)C3)c(O)n2n1. The molecule has 5 nitrogen and oxygen atoms in total. The number of thiophene rings is 1. The van der Waals surface area contributed by atoms with Crippen molar-refractivity contribution in [1.82, 2.24) is 19.5 Å². The van der Waals surface area contributed by atoms with Gasteiger partial charge in [-0.15, -0.1) is 16.4 Å². The molecule has 3 aromatic rings. The van der Waals surface area contributed by atoms with Crippen LogP contribution in [0.5, 0.6) is 5.88 Å². The van der Waals surface area contributed by atoms with E-state index < -0.39 is 0 Å². The van der Waals surface area contributed by atoms with E-state index in [-0.39, 0.29) is 11.9 Å². The number of thiazole rings is 1. The number of aromatic hydroxyl groups is 1. The molecule has 3 aromatic heterocycles. The Balaban J connectivity index is 1.78. The van der Waals surface area contributed by atoms with Crippen LogP contribution >= 0.6 is 22.7 Å². The summed E-state index contributed by atoms with van der Waals surface area (Å²) in [7, 11) is 0. The molecular weight excluding hydrogens is 340 g/mol. The number of hydrogen-bond donors (Lipinski definition) is 1. The summed E-state index contributed by atoms with van der Waals surface area (Å²) in [4.78, 5) is 10.1. The van der Waals surface area contributed by atoms with E-state index in [4.69, 9.17) is 0 Å². The molecule has 24 heavy (non-hydrogen) atoms. The highest BCUT2D eigenvalue weighted by molar-refractivity contribution is 7.17. The van der Waals surface area contributed by atoms with Gasteiger partial charge in [0.25, 0.3) is 0 Å². The molecule has 0 bridgehead atoms. The molecule has 1 N–H and O–H groups in total. The summed E-state index contributed by atoms with van der Waals surface area (Å²) in [6.07, 6.45) is 3.28. The Morgan fingerprint density at radius 2 is 2.33 bits per heavy atom. The van der Waals surface area contributed by atoms with E-state index in [2.05, 4.69) is 39.4 Å². The number of fused-ring (bicyclic) bond motifs is 1. The monoisotopic (exact) mass is 362 g/mol. The highest BCUT2D eigenvalue weighted by Crippen LogP contribution is 2.42. The van der Waals surface area contributed by atoms with Crippen LogP contribution in [0.3, 0.4) is 0 Å². The van der Waals surface area contributed by atoms with Crippen LogP contribution in [0.2, 0.25) is 0 Å². The Hall–Kier alpha value is -1.44. The van der Waals surface area contributed by atoms with E-state index >= 15 is 0 Å². The van der Waals surface area contributed by atoms with Crippen molar-refractivity contribution >= 4 is 27.6 Å². The van der Waals surface area contributed by atoms with Crippen molar-refractivity contribution in [3.05, 3.63) is 33.1 Å². The fourth-order valence-corrected chi connectivity index (χ4v) is 5.57. The Bertz CT molecular complexity index is 823. The van der Waals surface area contributed by atoms with Gasteiger partial charge in [0.15, 0.2) is 5.82 Å². The molecule has 0 radical (unpaired) electrons. The van der Waals surface area contributed by atoms with Gasteiger partial charge in [0, 0.05) is 17.8 Å². The molecule has 0 amide bonds. The summed E-state index contributed by atoms with van der Waals surface area (Å²) < 4.78 is 1.60. The van der Waals surface area contributed by atoms with Crippen molar-refractivity contribution in [2.24, 2.45) is 5.92 Å². The Morgan fingerprint density at radius 3 is 3.00 bits per heavy atom. The van der Waals surface area contributed by atoms with E-state index in [0.29, 0.717) is 5.92 Å². The molecule has 0 saturated carbocycles. The van der Waals surface area contributed by atoms with Gasteiger partial charge in [-0.25, -0.2) is 4.98 Å². The maximum Gasteiger partial charge on any atom is 0.230 e. The van der Waals surface area contributed by atoms with E-state index in [1.54, 1.807) is 27.2 Å². The number of hydrogen-bond acceptors (Lipinski definition) is 6. The fourth-order valence-electron chi connectivity index (χ4n) is 3.50. The molecule has 1 aliphatic rings. The van der Waals surface area contributed by atoms with Crippen molar-refractivity contribution in [3.8, 4) is 5.88 Å². The summed E-state index contributed by atoms with van der Waals surface area (Å²) in [5.74, 6) is 1.72. The zero-order chi connectivity index (χ0) is 16.7. The van der Waals surface area contributed by atoms with Gasteiger partial charge in [-0.3, -0.25) is 4.90 Å². The van der Waals surface area contributed by atoms with Crippen LogP contribution in [0.25, 0.3) is 4.96 Å². The van der Waals surface area contributed by atoms with Crippen LogP contribution in [-0.4, -0.2) is 37.7 Å². The second-order valence-electron chi connectivity index (χ2n) is 6.53.